The summed E-state index contributed by atoms with van der Waals surface area (Å²) in [5, 5.41) is 13.6. The molecule has 0 aliphatic carbocycles. The molecule has 0 atom stereocenters. The van der Waals surface area contributed by atoms with Crippen molar-refractivity contribution in [3.05, 3.63) is 69.4 Å². The van der Waals surface area contributed by atoms with E-state index in [0.717, 1.165) is 0 Å². The lowest BCUT2D eigenvalue weighted by Gasteiger charge is -2.08. The summed E-state index contributed by atoms with van der Waals surface area (Å²) in [7, 11) is 0. The molecule has 0 N–H and O–H groups in total. The zero-order valence-corrected chi connectivity index (χ0v) is 15.0. The van der Waals surface area contributed by atoms with Crippen LogP contribution in [-0.2, 0) is 6.61 Å². The second-order valence-electron chi connectivity index (χ2n) is 5.67. The van der Waals surface area contributed by atoms with Gasteiger partial charge in [-0.2, -0.15) is 19.7 Å². The van der Waals surface area contributed by atoms with Crippen molar-refractivity contribution < 1.29 is 17.9 Å². The summed E-state index contributed by atoms with van der Waals surface area (Å²) < 4.78 is 46.6. The first-order valence-corrected chi connectivity index (χ1v) is 8.09. The molecule has 0 aliphatic rings. The molecule has 0 bridgehead atoms. The fraction of sp³-hybridized carbons (Fsp3) is 0.167. The molecular weight excluding hydrogens is 381 g/mol. The Labute approximate surface area is 157 Å². The highest BCUT2D eigenvalue weighted by molar-refractivity contribution is 6.31. The Morgan fingerprint density at radius 3 is 2.59 bits per heavy atom. The Bertz CT molecular complexity index is 1080. The quantitative estimate of drug-likeness (QED) is 0.617. The van der Waals surface area contributed by atoms with Crippen LogP contribution in [0.3, 0.4) is 0 Å². The van der Waals surface area contributed by atoms with Crippen molar-refractivity contribution in [2.24, 2.45) is 0 Å². The Morgan fingerprint density at radius 2 is 1.93 bits per heavy atom. The number of halogens is 4. The predicted molar refractivity (Wildman–Crippen MR) is 91.2 cm³/mol. The van der Waals surface area contributed by atoms with E-state index in [0.29, 0.717) is 34.3 Å². The standard InChI is InChI=1S/C18H12ClF3N4O/c1-9-13(8-27-18-16(21)6-15(20)17(22)24-18)10(2)26(25-9)12-4-3-11(7-23)14(19)5-12/h3-6H,8H2,1-2H3. The first-order valence-electron chi connectivity index (χ1n) is 7.71. The van der Waals surface area contributed by atoms with Crippen LogP contribution in [0.4, 0.5) is 13.2 Å². The van der Waals surface area contributed by atoms with Gasteiger partial charge >= 0.3 is 0 Å². The minimum atomic E-state index is -1.44. The smallest absolute Gasteiger partial charge is 0.253 e. The van der Waals surface area contributed by atoms with Gasteiger partial charge in [-0.1, -0.05) is 11.6 Å². The van der Waals surface area contributed by atoms with E-state index in [2.05, 4.69) is 10.1 Å². The SMILES string of the molecule is Cc1nn(-c2ccc(C#N)c(Cl)c2)c(C)c1COc1nc(F)c(F)cc1F. The van der Waals surface area contributed by atoms with Crippen LogP contribution in [0.25, 0.3) is 5.69 Å². The van der Waals surface area contributed by atoms with Crippen molar-refractivity contribution in [1.82, 2.24) is 14.8 Å². The van der Waals surface area contributed by atoms with Crippen LogP contribution in [0.5, 0.6) is 5.88 Å². The molecule has 0 radical (unpaired) electrons. The lowest BCUT2D eigenvalue weighted by molar-refractivity contribution is 0.267. The summed E-state index contributed by atoms with van der Waals surface area (Å²) in [5.41, 5.74) is 2.86. The van der Waals surface area contributed by atoms with Gasteiger partial charge in [-0.15, -0.1) is 0 Å². The van der Waals surface area contributed by atoms with E-state index in [1.807, 2.05) is 6.07 Å². The van der Waals surface area contributed by atoms with Crippen molar-refractivity contribution in [3.63, 3.8) is 0 Å². The van der Waals surface area contributed by atoms with Crippen molar-refractivity contribution in [2.45, 2.75) is 20.5 Å². The summed E-state index contributed by atoms with van der Waals surface area (Å²) in [6.45, 7) is 3.35. The zero-order valence-electron chi connectivity index (χ0n) is 14.2. The van der Waals surface area contributed by atoms with Gasteiger partial charge < -0.3 is 4.74 Å². The van der Waals surface area contributed by atoms with Crippen LogP contribution in [0, 0.1) is 42.8 Å². The van der Waals surface area contributed by atoms with Gasteiger partial charge in [0, 0.05) is 17.3 Å². The highest BCUT2D eigenvalue weighted by Crippen LogP contribution is 2.24. The maximum absolute atomic E-state index is 13.7. The first kappa shape index (κ1) is 18.7. The number of hydrogen-bond acceptors (Lipinski definition) is 4. The third kappa shape index (κ3) is 3.59. The Hall–Kier alpha value is -3.05. The van der Waals surface area contributed by atoms with E-state index in [1.165, 1.54) is 0 Å². The van der Waals surface area contributed by atoms with E-state index >= 15 is 0 Å². The number of aryl methyl sites for hydroxylation is 1. The largest absolute Gasteiger partial charge is 0.471 e. The van der Waals surface area contributed by atoms with E-state index < -0.39 is 23.5 Å². The minimum Gasteiger partial charge on any atom is -0.471 e. The van der Waals surface area contributed by atoms with Gasteiger partial charge in [0.2, 0.25) is 0 Å². The monoisotopic (exact) mass is 392 g/mol. The van der Waals surface area contributed by atoms with Crippen LogP contribution in [0.2, 0.25) is 5.02 Å². The molecule has 0 amide bonds. The van der Waals surface area contributed by atoms with Crippen molar-refractivity contribution in [2.75, 3.05) is 0 Å². The van der Waals surface area contributed by atoms with Crippen LogP contribution >= 0.6 is 11.6 Å². The summed E-state index contributed by atoms with van der Waals surface area (Å²) in [6, 6.07) is 7.21. The van der Waals surface area contributed by atoms with E-state index in [1.54, 1.807) is 36.7 Å². The van der Waals surface area contributed by atoms with Crippen LogP contribution in [0.1, 0.15) is 22.5 Å². The van der Waals surface area contributed by atoms with Crippen molar-refractivity contribution in [3.8, 4) is 17.6 Å². The van der Waals surface area contributed by atoms with Gasteiger partial charge in [0.1, 0.15) is 12.7 Å². The average Bonchev–Trinajstić information content (AvgIpc) is 2.91. The molecule has 0 unspecified atom stereocenters. The fourth-order valence-electron chi connectivity index (χ4n) is 2.53. The molecule has 0 aliphatic heterocycles. The average molecular weight is 393 g/mol. The van der Waals surface area contributed by atoms with Gasteiger partial charge in [0.25, 0.3) is 11.8 Å². The molecule has 1 aromatic carbocycles. The molecular formula is C18H12ClF3N4O. The number of benzene rings is 1. The van der Waals surface area contributed by atoms with Crippen LogP contribution < -0.4 is 4.74 Å². The van der Waals surface area contributed by atoms with Gasteiger partial charge in [-0.25, -0.2) is 13.5 Å². The molecule has 3 aromatic rings. The highest BCUT2D eigenvalue weighted by Gasteiger charge is 2.17. The summed E-state index contributed by atoms with van der Waals surface area (Å²) >= 11 is 6.06. The van der Waals surface area contributed by atoms with E-state index in [-0.39, 0.29) is 11.6 Å². The molecule has 2 heterocycles. The number of hydrogen-bond donors (Lipinski definition) is 0. The Kier molecular flexibility index (Phi) is 5.06. The van der Waals surface area contributed by atoms with Crippen molar-refractivity contribution in [1.29, 1.82) is 5.26 Å². The highest BCUT2D eigenvalue weighted by atomic mass is 35.5. The number of nitrogens with zero attached hydrogens (tertiary/aromatic N) is 4. The van der Waals surface area contributed by atoms with Gasteiger partial charge in [0.05, 0.1) is 22.0 Å². The number of nitriles is 1. The first-order chi connectivity index (χ1) is 12.8. The minimum absolute atomic E-state index is 0.142. The molecule has 27 heavy (non-hydrogen) atoms. The summed E-state index contributed by atoms with van der Waals surface area (Å²) in [4.78, 5) is 3.13. The van der Waals surface area contributed by atoms with Gasteiger partial charge in [-0.3, -0.25) is 0 Å². The lowest BCUT2D eigenvalue weighted by atomic mass is 10.2. The summed E-state index contributed by atoms with van der Waals surface area (Å²) in [6.07, 6.45) is 0. The third-order valence-corrected chi connectivity index (χ3v) is 4.28. The fourth-order valence-corrected chi connectivity index (χ4v) is 2.75. The maximum atomic E-state index is 13.7. The predicted octanol–water partition coefficient (Wildman–Crippen LogP) is 4.41. The number of pyridine rings is 1. The van der Waals surface area contributed by atoms with Gasteiger partial charge in [0.15, 0.2) is 11.6 Å². The molecule has 0 fully saturated rings. The molecule has 0 spiro atoms. The van der Waals surface area contributed by atoms with Crippen LogP contribution in [-0.4, -0.2) is 14.8 Å². The molecule has 0 saturated heterocycles. The molecule has 138 valence electrons. The molecule has 0 saturated carbocycles. The lowest BCUT2D eigenvalue weighted by Crippen LogP contribution is -2.05. The molecule has 3 rings (SSSR count). The van der Waals surface area contributed by atoms with Crippen molar-refractivity contribution >= 4 is 11.6 Å². The number of ether oxygens (including phenoxy) is 1. The maximum Gasteiger partial charge on any atom is 0.253 e. The third-order valence-electron chi connectivity index (χ3n) is 3.97. The second-order valence-corrected chi connectivity index (χ2v) is 6.08. The summed E-state index contributed by atoms with van der Waals surface area (Å²) in [5.74, 6) is -4.57. The number of aromatic nitrogens is 3. The zero-order chi connectivity index (χ0) is 19.7. The topological polar surface area (TPSA) is 63.7 Å². The van der Waals surface area contributed by atoms with Crippen LogP contribution in [0.15, 0.2) is 24.3 Å². The Morgan fingerprint density at radius 1 is 1.19 bits per heavy atom. The second kappa shape index (κ2) is 7.29. The Balaban J connectivity index is 1.90. The van der Waals surface area contributed by atoms with E-state index in [4.69, 9.17) is 21.6 Å². The number of rotatable bonds is 4. The van der Waals surface area contributed by atoms with E-state index in [9.17, 15) is 13.2 Å². The molecule has 2 aromatic heterocycles. The normalized spacial score (nSPS) is 10.7. The molecule has 5 nitrogen and oxygen atoms in total. The van der Waals surface area contributed by atoms with Gasteiger partial charge in [-0.05, 0) is 32.0 Å². The molecule has 9 heteroatoms.